The summed E-state index contributed by atoms with van der Waals surface area (Å²) in [7, 11) is 0. The van der Waals surface area contributed by atoms with E-state index in [1.54, 1.807) is 0 Å². The van der Waals surface area contributed by atoms with Gasteiger partial charge in [-0.3, -0.25) is 9.69 Å². The van der Waals surface area contributed by atoms with Crippen molar-refractivity contribution in [1.82, 2.24) is 15.1 Å². The monoisotopic (exact) mass is 363 g/mol. The molecule has 0 saturated carbocycles. The SMILES string of the molecule is CCSCCC(=O)NCCCCN1CCN(Cc2ccccc2)CC1. The Balaban J connectivity index is 1.48. The molecule has 0 unspecified atom stereocenters. The van der Waals surface area contributed by atoms with Gasteiger partial charge in [-0.05, 0) is 30.7 Å². The maximum atomic E-state index is 11.6. The topological polar surface area (TPSA) is 35.6 Å². The van der Waals surface area contributed by atoms with Crippen LogP contribution in [0.5, 0.6) is 0 Å². The minimum absolute atomic E-state index is 0.204. The molecule has 1 aromatic rings. The lowest BCUT2D eigenvalue weighted by atomic mass is 10.2. The van der Waals surface area contributed by atoms with Gasteiger partial charge in [0.1, 0.15) is 0 Å². The summed E-state index contributed by atoms with van der Waals surface area (Å²) in [6.45, 7) is 9.80. The molecule has 1 aliphatic heterocycles. The molecule has 1 N–H and O–H groups in total. The molecule has 0 aliphatic carbocycles. The first-order valence-electron chi connectivity index (χ1n) is 9.61. The molecule has 4 nitrogen and oxygen atoms in total. The van der Waals surface area contributed by atoms with Gasteiger partial charge in [-0.2, -0.15) is 11.8 Å². The second-order valence-corrected chi connectivity index (χ2v) is 8.00. The summed E-state index contributed by atoms with van der Waals surface area (Å²) in [5.41, 5.74) is 1.41. The number of rotatable bonds is 11. The van der Waals surface area contributed by atoms with Crippen LogP contribution < -0.4 is 5.32 Å². The standard InChI is InChI=1S/C20H33N3OS/c1-2-25-17-10-20(24)21-11-6-7-12-22-13-15-23(16-14-22)18-19-8-4-3-5-9-19/h3-5,8-9H,2,6-7,10-18H2,1H3,(H,21,24). The smallest absolute Gasteiger partial charge is 0.220 e. The number of carbonyl (C=O) groups excluding carboxylic acids is 1. The normalized spacial score (nSPS) is 16.0. The van der Waals surface area contributed by atoms with E-state index in [-0.39, 0.29) is 5.91 Å². The number of nitrogens with zero attached hydrogens (tertiary/aromatic N) is 2. The zero-order valence-electron chi connectivity index (χ0n) is 15.6. The van der Waals surface area contributed by atoms with E-state index in [1.807, 2.05) is 11.8 Å². The van der Waals surface area contributed by atoms with Crippen LogP contribution in [0.15, 0.2) is 30.3 Å². The predicted molar refractivity (Wildman–Crippen MR) is 108 cm³/mol. The number of thioether (sulfide) groups is 1. The van der Waals surface area contributed by atoms with Crippen LogP contribution in [0, 0.1) is 0 Å². The molecule has 0 aromatic heterocycles. The zero-order chi connectivity index (χ0) is 17.7. The quantitative estimate of drug-likeness (QED) is 0.613. The lowest BCUT2D eigenvalue weighted by Crippen LogP contribution is -2.46. The van der Waals surface area contributed by atoms with E-state index in [0.717, 1.165) is 63.7 Å². The van der Waals surface area contributed by atoms with Gasteiger partial charge < -0.3 is 10.2 Å². The average Bonchev–Trinajstić information content (AvgIpc) is 2.64. The first-order chi connectivity index (χ1) is 12.3. The van der Waals surface area contributed by atoms with Crippen LogP contribution in [0.1, 0.15) is 31.7 Å². The molecule has 1 aliphatic rings. The van der Waals surface area contributed by atoms with E-state index < -0.39 is 0 Å². The summed E-state index contributed by atoms with van der Waals surface area (Å²) in [5.74, 6) is 2.23. The Kier molecular flexibility index (Phi) is 10.0. The van der Waals surface area contributed by atoms with Crippen LogP contribution in [0.25, 0.3) is 0 Å². The van der Waals surface area contributed by atoms with E-state index in [9.17, 15) is 4.79 Å². The van der Waals surface area contributed by atoms with Crippen molar-refractivity contribution in [3.63, 3.8) is 0 Å². The van der Waals surface area contributed by atoms with Gasteiger partial charge in [-0.1, -0.05) is 37.3 Å². The molecule has 1 aromatic carbocycles. The summed E-state index contributed by atoms with van der Waals surface area (Å²) in [6.07, 6.45) is 2.90. The molecule has 140 valence electrons. The fraction of sp³-hybridized carbons (Fsp3) is 0.650. The Labute approximate surface area is 157 Å². The first kappa shape index (κ1) is 20.3. The van der Waals surface area contributed by atoms with Crippen molar-refractivity contribution in [2.24, 2.45) is 0 Å². The second-order valence-electron chi connectivity index (χ2n) is 6.61. The van der Waals surface area contributed by atoms with Gasteiger partial charge in [0.2, 0.25) is 5.91 Å². The molecule has 0 radical (unpaired) electrons. The van der Waals surface area contributed by atoms with E-state index in [2.05, 4.69) is 52.4 Å². The number of hydrogen-bond acceptors (Lipinski definition) is 4. The number of hydrogen-bond donors (Lipinski definition) is 1. The number of unbranched alkanes of at least 4 members (excludes halogenated alkanes) is 1. The Morgan fingerprint density at radius 3 is 2.52 bits per heavy atom. The molecule has 25 heavy (non-hydrogen) atoms. The Morgan fingerprint density at radius 2 is 1.80 bits per heavy atom. The lowest BCUT2D eigenvalue weighted by molar-refractivity contribution is -0.120. The summed E-state index contributed by atoms with van der Waals surface area (Å²) < 4.78 is 0. The van der Waals surface area contributed by atoms with Crippen LogP contribution in [-0.4, -0.2) is 66.5 Å². The molecule has 0 spiro atoms. The number of amides is 1. The van der Waals surface area contributed by atoms with Crippen molar-refractivity contribution in [1.29, 1.82) is 0 Å². The lowest BCUT2D eigenvalue weighted by Gasteiger charge is -2.34. The Morgan fingerprint density at radius 1 is 1.08 bits per heavy atom. The number of carbonyl (C=O) groups is 1. The van der Waals surface area contributed by atoms with Crippen molar-refractivity contribution < 1.29 is 4.79 Å². The van der Waals surface area contributed by atoms with Crippen LogP contribution in [-0.2, 0) is 11.3 Å². The molecule has 1 saturated heterocycles. The highest BCUT2D eigenvalue weighted by Gasteiger charge is 2.16. The Hall–Kier alpha value is -1.04. The van der Waals surface area contributed by atoms with Crippen molar-refractivity contribution in [3.05, 3.63) is 35.9 Å². The summed E-state index contributed by atoms with van der Waals surface area (Å²) in [5, 5.41) is 3.03. The second kappa shape index (κ2) is 12.3. The van der Waals surface area contributed by atoms with Crippen LogP contribution >= 0.6 is 11.8 Å². The third-order valence-corrected chi connectivity index (χ3v) is 5.52. The Bertz CT molecular complexity index is 475. The molecule has 1 amide bonds. The molecular formula is C20H33N3OS. The minimum atomic E-state index is 0.204. The summed E-state index contributed by atoms with van der Waals surface area (Å²) in [4.78, 5) is 16.7. The average molecular weight is 364 g/mol. The van der Waals surface area contributed by atoms with E-state index in [0.29, 0.717) is 6.42 Å². The van der Waals surface area contributed by atoms with Gasteiger partial charge in [-0.25, -0.2) is 0 Å². The predicted octanol–water partition coefficient (Wildman–Crippen LogP) is 2.84. The highest BCUT2D eigenvalue weighted by molar-refractivity contribution is 7.99. The van der Waals surface area contributed by atoms with E-state index in [4.69, 9.17) is 0 Å². The van der Waals surface area contributed by atoms with Crippen LogP contribution in [0.4, 0.5) is 0 Å². The highest BCUT2D eigenvalue weighted by Crippen LogP contribution is 2.09. The van der Waals surface area contributed by atoms with Gasteiger partial charge in [0.15, 0.2) is 0 Å². The minimum Gasteiger partial charge on any atom is -0.356 e. The maximum Gasteiger partial charge on any atom is 0.220 e. The van der Waals surface area contributed by atoms with Crippen LogP contribution in [0.2, 0.25) is 0 Å². The number of nitrogens with one attached hydrogen (secondary N) is 1. The van der Waals surface area contributed by atoms with Crippen molar-refractivity contribution in [3.8, 4) is 0 Å². The third-order valence-electron chi connectivity index (χ3n) is 4.61. The van der Waals surface area contributed by atoms with Crippen molar-refractivity contribution in [2.75, 3.05) is 50.8 Å². The third kappa shape index (κ3) is 8.75. The van der Waals surface area contributed by atoms with E-state index >= 15 is 0 Å². The fourth-order valence-corrected chi connectivity index (χ4v) is 3.72. The maximum absolute atomic E-state index is 11.6. The molecule has 2 rings (SSSR count). The molecular weight excluding hydrogens is 330 g/mol. The molecule has 0 bridgehead atoms. The summed E-state index contributed by atoms with van der Waals surface area (Å²) in [6, 6.07) is 10.7. The van der Waals surface area contributed by atoms with Gasteiger partial charge in [-0.15, -0.1) is 0 Å². The van der Waals surface area contributed by atoms with Gasteiger partial charge >= 0.3 is 0 Å². The zero-order valence-corrected chi connectivity index (χ0v) is 16.4. The molecule has 0 atom stereocenters. The molecule has 1 fully saturated rings. The number of piperazine rings is 1. The summed E-state index contributed by atoms with van der Waals surface area (Å²) >= 11 is 1.83. The van der Waals surface area contributed by atoms with Gasteiger partial charge in [0, 0.05) is 51.4 Å². The molecule has 1 heterocycles. The van der Waals surface area contributed by atoms with Gasteiger partial charge in [0.05, 0.1) is 0 Å². The van der Waals surface area contributed by atoms with Gasteiger partial charge in [0.25, 0.3) is 0 Å². The number of benzene rings is 1. The highest BCUT2D eigenvalue weighted by atomic mass is 32.2. The van der Waals surface area contributed by atoms with Crippen LogP contribution in [0.3, 0.4) is 0 Å². The largest absolute Gasteiger partial charge is 0.356 e. The van der Waals surface area contributed by atoms with E-state index in [1.165, 1.54) is 12.0 Å². The van der Waals surface area contributed by atoms with Crippen molar-refractivity contribution >= 4 is 17.7 Å². The molecule has 5 heteroatoms. The first-order valence-corrected chi connectivity index (χ1v) is 10.8. The fourth-order valence-electron chi connectivity index (χ4n) is 3.10. The van der Waals surface area contributed by atoms with Crippen molar-refractivity contribution in [2.45, 2.75) is 32.7 Å².